The molecule has 2 saturated carbocycles. The molecule has 2 aliphatic carbocycles. The Morgan fingerprint density at radius 3 is 2.25 bits per heavy atom. The summed E-state index contributed by atoms with van der Waals surface area (Å²) in [5, 5.41) is 0. The largest absolute Gasteiger partial charge is 0.297 e. The van der Waals surface area contributed by atoms with Gasteiger partial charge in [0.05, 0.1) is 0 Å². The highest BCUT2D eigenvalue weighted by atomic mass is 15.2. The summed E-state index contributed by atoms with van der Waals surface area (Å²) in [7, 11) is 0. The van der Waals surface area contributed by atoms with E-state index in [1.54, 1.807) is 25.7 Å². The van der Waals surface area contributed by atoms with Gasteiger partial charge in [0.1, 0.15) is 0 Å². The van der Waals surface area contributed by atoms with Crippen LogP contribution >= 0.6 is 0 Å². The predicted octanol–water partition coefficient (Wildman–Crippen LogP) is 3.54. The summed E-state index contributed by atoms with van der Waals surface area (Å²) in [6.45, 7) is 11.0. The van der Waals surface area contributed by atoms with Crippen LogP contribution in [-0.4, -0.2) is 23.5 Å². The minimum Gasteiger partial charge on any atom is -0.297 e. The second-order valence-electron chi connectivity index (χ2n) is 7.36. The van der Waals surface area contributed by atoms with Gasteiger partial charge in [0.15, 0.2) is 0 Å². The molecule has 0 aromatic rings. The number of hydrogen-bond donors (Lipinski definition) is 0. The molecule has 3 rings (SSSR count). The first kappa shape index (κ1) is 11.1. The van der Waals surface area contributed by atoms with Gasteiger partial charge in [-0.2, -0.15) is 0 Å². The third-order valence-corrected chi connectivity index (χ3v) is 5.54. The topological polar surface area (TPSA) is 3.24 Å². The van der Waals surface area contributed by atoms with E-state index in [4.69, 9.17) is 0 Å². The molecule has 3 fully saturated rings. The molecular weight excluding hydrogens is 194 g/mol. The van der Waals surface area contributed by atoms with Gasteiger partial charge in [-0.25, -0.2) is 0 Å². The average molecular weight is 221 g/mol. The molecule has 1 nitrogen and oxygen atoms in total. The van der Waals surface area contributed by atoms with Crippen molar-refractivity contribution in [2.45, 2.75) is 65.5 Å². The van der Waals surface area contributed by atoms with Crippen molar-refractivity contribution < 1.29 is 0 Å². The molecule has 0 N–H and O–H groups in total. The molecule has 0 aromatic heterocycles. The summed E-state index contributed by atoms with van der Waals surface area (Å²) in [5.41, 5.74) is 0.853. The van der Waals surface area contributed by atoms with Crippen molar-refractivity contribution in [1.29, 1.82) is 0 Å². The van der Waals surface area contributed by atoms with Crippen molar-refractivity contribution in [3.63, 3.8) is 0 Å². The third-order valence-electron chi connectivity index (χ3n) is 5.54. The molecule has 3 aliphatic rings. The molecule has 16 heavy (non-hydrogen) atoms. The Morgan fingerprint density at radius 1 is 1.06 bits per heavy atom. The van der Waals surface area contributed by atoms with E-state index in [-0.39, 0.29) is 0 Å². The van der Waals surface area contributed by atoms with Crippen molar-refractivity contribution in [3.05, 3.63) is 0 Å². The second-order valence-corrected chi connectivity index (χ2v) is 7.36. The van der Waals surface area contributed by atoms with Crippen LogP contribution in [0.3, 0.4) is 0 Å². The highest BCUT2D eigenvalue weighted by Crippen LogP contribution is 2.64. The number of fused-ring (bicyclic) bond motifs is 1. The summed E-state index contributed by atoms with van der Waals surface area (Å²) in [6.07, 6.45) is 6.22. The predicted molar refractivity (Wildman–Crippen MR) is 68.3 cm³/mol. The second kappa shape index (κ2) is 3.48. The zero-order chi connectivity index (χ0) is 11.5. The Morgan fingerprint density at radius 2 is 1.75 bits per heavy atom. The van der Waals surface area contributed by atoms with Gasteiger partial charge in [0.25, 0.3) is 0 Å². The lowest BCUT2D eigenvalue weighted by atomic mass is 9.86. The van der Waals surface area contributed by atoms with Gasteiger partial charge in [-0.05, 0) is 62.7 Å². The maximum absolute atomic E-state index is 2.80. The fourth-order valence-electron chi connectivity index (χ4n) is 4.71. The van der Waals surface area contributed by atoms with E-state index in [2.05, 4.69) is 32.6 Å². The van der Waals surface area contributed by atoms with Gasteiger partial charge < -0.3 is 0 Å². The van der Waals surface area contributed by atoms with Gasteiger partial charge in [0, 0.05) is 18.6 Å². The van der Waals surface area contributed by atoms with E-state index in [1.807, 2.05) is 0 Å². The lowest BCUT2D eigenvalue weighted by molar-refractivity contribution is 0.131. The van der Waals surface area contributed by atoms with Crippen molar-refractivity contribution in [3.8, 4) is 0 Å². The molecule has 1 heteroatoms. The molecule has 92 valence electrons. The van der Waals surface area contributed by atoms with Crippen LogP contribution in [0.4, 0.5) is 0 Å². The molecule has 1 heterocycles. The molecule has 3 atom stereocenters. The molecule has 3 unspecified atom stereocenters. The van der Waals surface area contributed by atoms with Gasteiger partial charge in [0.2, 0.25) is 0 Å². The van der Waals surface area contributed by atoms with Crippen LogP contribution < -0.4 is 0 Å². The third kappa shape index (κ3) is 1.54. The zero-order valence-electron chi connectivity index (χ0n) is 11.4. The Labute approximate surface area is 101 Å². The minimum atomic E-state index is 0.744. The standard InChI is InChI=1S/C15H27N/c1-10(2)14-13-8-15(5-6-15)7-12(13)9-16(14)11(3)4/h10-14H,5-9H2,1-4H3. The van der Waals surface area contributed by atoms with E-state index in [1.165, 1.54) is 6.54 Å². The maximum atomic E-state index is 2.80. The quantitative estimate of drug-likeness (QED) is 0.689. The molecule has 1 aliphatic heterocycles. The smallest absolute Gasteiger partial charge is 0.0153 e. The lowest BCUT2D eigenvalue weighted by Gasteiger charge is -2.34. The van der Waals surface area contributed by atoms with Crippen LogP contribution in [0, 0.1) is 23.2 Å². The van der Waals surface area contributed by atoms with Gasteiger partial charge in [-0.1, -0.05) is 13.8 Å². The first-order valence-electron chi connectivity index (χ1n) is 7.28. The molecule has 0 bridgehead atoms. The number of likely N-dealkylation sites (tertiary alicyclic amines) is 1. The zero-order valence-corrected chi connectivity index (χ0v) is 11.4. The highest BCUT2D eigenvalue weighted by molar-refractivity contribution is 5.10. The van der Waals surface area contributed by atoms with Crippen LogP contribution in [0.1, 0.15) is 53.4 Å². The van der Waals surface area contributed by atoms with Crippen LogP contribution in [-0.2, 0) is 0 Å². The number of hydrogen-bond acceptors (Lipinski definition) is 1. The van der Waals surface area contributed by atoms with Crippen molar-refractivity contribution in [1.82, 2.24) is 4.90 Å². The monoisotopic (exact) mass is 221 g/mol. The summed E-state index contributed by atoms with van der Waals surface area (Å²) in [4.78, 5) is 2.80. The van der Waals surface area contributed by atoms with Gasteiger partial charge in [-0.3, -0.25) is 4.90 Å². The van der Waals surface area contributed by atoms with Gasteiger partial charge >= 0.3 is 0 Å². The lowest BCUT2D eigenvalue weighted by Crippen LogP contribution is -2.41. The number of rotatable bonds is 2. The molecule has 0 amide bonds. The van der Waals surface area contributed by atoms with Crippen molar-refractivity contribution in [2.24, 2.45) is 23.2 Å². The van der Waals surface area contributed by atoms with Crippen molar-refractivity contribution in [2.75, 3.05) is 6.54 Å². The van der Waals surface area contributed by atoms with Crippen LogP contribution in [0.2, 0.25) is 0 Å². The Bertz CT molecular complexity index is 277. The Kier molecular flexibility index (Phi) is 2.41. The SMILES string of the molecule is CC(C)C1C2CC3(CC3)CC2CN1C(C)C. The summed E-state index contributed by atoms with van der Waals surface area (Å²) in [6, 6.07) is 1.62. The Balaban J connectivity index is 1.80. The molecule has 0 radical (unpaired) electrons. The van der Waals surface area contributed by atoms with E-state index in [9.17, 15) is 0 Å². The number of nitrogens with zero attached hydrogens (tertiary/aromatic N) is 1. The summed E-state index contributed by atoms with van der Waals surface area (Å²) in [5.74, 6) is 2.91. The fraction of sp³-hybridized carbons (Fsp3) is 1.00. The summed E-state index contributed by atoms with van der Waals surface area (Å²) < 4.78 is 0. The van der Waals surface area contributed by atoms with Crippen LogP contribution in [0.5, 0.6) is 0 Å². The van der Waals surface area contributed by atoms with Crippen LogP contribution in [0.25, 0.3) is 0 Å². The summed E-state index contributed by atoms with van der Waals surface area (Å²) >= 11 is 0. The maximum Gasteiger partial charge on any atom is 0.0153 e. The fourth-order valence-corrected chi connectivity index (χ4v) is 4.71. The Hall–Kier alpha value is -0.0400. The van der Waals surface area contributed by atoms with Crippen molar-refractivity contribution >= 4 is 0 Å². The molecule has 1 saturated heterocycles. The van der Waals surface area contributed by atoms with E-state index >= 15 is 0 Å². The molecule has 1 spiro atoms. The molecule has 0 aromatic carbocycles. The first-order valence-corrected chi connectivity index (χ1v) is 7.28. The van der Waals surface area contributed by atoms with E-state index in [0.717, 1.165) is 35.3 Å². The minimum absolute atomic E-state index is 0.744. The highest BCUT2D eigenvalue weighted by Gasteiger charge is 2.58. The average Bonchev–Trinajstić information content (AvgIpc) is 2.65. The molecular formula is C15H27N. The van der Waals surface area contributed by atoms with Gasteiger partial charge in [-0.15, -0.1) is 0 Å². The van der Waals surface area contributed by atoms with E-state index < -0.39 is 0 Å². The normalized spacial score (nSPS) is 41.2. The van der Waals surface area contributed by atoms with Crippen LogP contribution in [0.15, 0.2) is 0 Å². The first-order chi connectivity index (χ1) is 7.52. The van der Waals surface area contributed by atoms with E-state index in [0.29, 0.717) is 0 Å².